The van der Waals surface area contributed by atoms with Crippen molar-refractivity contribution in [2.24, 2.45) is 0 Å². The zero-order valence-corrected chi connectivity index (χ0v) is 11.4. The molecule has 20 heavy (non-hydrogen) atoms. The van der Waals surface area contributed by atoms with E-state index in [2.05, 4.69) is 0 Å². The first kappa shape index (κ1) is 16.8. The van der Waals surface area contributed by atoms with Crippen LogP contribution in [0.5, 0.6) is 0 Å². The molecule has 0 aromatic heterocycles. The van der Waals surface area contributed by atoms with Crippen molar-refractivity contribution in [3.8, 4) is 0 Å². The van der Waals surface area contributed by atoms with E-state index in [1.165, 1.54) is 6.08 Å². The van der Waals surface area contributed by atoms with Gasteiger partial charge in [0.15, 0.2) is 0 Å². The van der Waals surface area contributed by atoms with Crippen LogP contribution in [0.4, 0.5) is 0 Å². The Morgan fingerprint density at radius 3 is 2.35 bits per heavy atom. The molecule has 0 aliphatic carbocycles. The molecule has 0 aromatic rings. The summed E-state index contributed by atoms with van der Waals surface area (Å²) in [5.41, 5.74) is 0. The van der Waals surface area contributed by atoms with Crippen molar-refractivity contribution in [2.75, 3.05) is 0 Å². The van der Waals surface area contributed by atoms with E-state index < -0.39 is 30.4 Å². The molecule has 1 aliphatic rings. The molecule has 4 N–H and O–H groups in total. The third-order valence-electron chi connectivity index (χ3n) is 3.11. The summed E-state index contributed by atoms with van der Waals surface area (Å²) in [7, 11) is 0. The minimum absolute atomic E-state index is 0.249. The van der Waals surface area contributed by atoms with Gasteiger partial charge in [-0.3, -0.25) is 0 Å². The summed E-state index contributed by atoms with van der Waals surface area (Å²) >= 11 is 0. The van der Waals surface area contributed by atoms with Gasteiger partial charge in [0.05, 0.1) is 6.10 Å². The van der Waals surface area contributed by atoms with E-state index in [4.69, 9.17) is 4.74 Å². The van der Waals surface area contributed by atoms with Crippen molar-refractivity contribution in [3.05, 3.63) is 24.3 Å². The third-order valence-corrected chi connectivity index (χ3v) is 3.11. The zero-order valence-electron chi connectivity index (χ0n) is 11.4. The van der Waals surface area contributed by atoms with E-state index in [0.717, 1.165) is 18.6 Å². The molecule has 0 fully saturated rings. The van der Waals surface area contributed by atoms with E-state index in [1.807, 2.05) is 0 Å². The molecule has 0 amide bonds. The van der Waals surface area contributed by atoms with Gasteiger partial charge in [0.25, 0.3) is 0 Å². The number of hydrogen-bond acceptors (Lipinski definition) is 6. The summed E-state index contributed by atoms with van der Waals surface area (Å²) in [6.07, 6.45) is 1.06. The average molecular weight is 286 g/mol. The van der Waals surface area contributed by atoms with Crippen molar-refractivity contribution >= 4 is 5.97 Å². The van der Waals surface area contributed by atoms with E-state index in [0.29, 0.717) is 12.8 Å². The summed E-state index contributed by atoms with van der Waals surface area (Å²) in [6, 6.07) is 0. The lowest BCUT2D eigenvalue weighted by Gasteiger charge is -2.23. The minimum atomic E-state index is -1.60. The maximum atomic E-state index is 11.4. The van der Waals surface area contributed by atoms with Crippen molar-refractivity contribution in [3.63, 3.8) is 0 Å². The van der Waals surface area contributed by atoms with Gasteiger partial charge in [-0.15, -0.1) is 0 Å². The lowest BCUT2D eigenvalue weighted by molar-refractivity contribution is -0.142. The molecule has 0 aromatic carbocycles. The maximum Gasteiger partial charge on any atom is 0.330 e. The normalized spacial score (nSPS) is 37.2. The highest BCUT2D eigenvalue weighted by atomic mass is 16.5. The molecule has 6 heteroatoms. The Kier molecular flexibility index (Phi) is 6.87. The van der Waals surface area contributed by atoms with Crippen molar-refractivity contribution < 1.29 is 30.0 Å². The summed E-state index contributed by atoms with van der Waals surface area (Å²) in [5.74, 6) is -0.619. The van der Waals surface area contributed by atoms with Gasteiger partial charge < -0.3 is 25.2 Å². The van der Waals surface area contributed by atoms with E-state index in [9.17, 15) is 25.2 Å². The van der Waals surface area contributed by atoms with Gasteiger partial charge >= 0.3 is 5.97 Å². The predicted molar refractivity (Wildman–Crippen MR) is 71.7 cm³/mol. The molecule has 0 saturated carbocycles. The van der Waals surface area contributed by atoms with Crippen LogP contribution in [0.3, 0.4) is 0 Å². The number of hydrogen-bond donors (Lipinski definition) is 4. The summed E-state index contributed by atoms with van der Waals surface area (Å²) < 4.78 is 5.07. The number of carbonyl (C=O) groups is 1. The molecule has 2 unspecified atom stereocenters. The molecule has 0 spiro atoms. The molecular weight excluding hydrogens is 264 g/mol. The fraction of sp³-hybridized carbons (Fsp3) is 0.643. The number of esters is 1. The summed E-state index contributed by atoms with van der Waals surface area (Å²) in [5, 5.41) is 38.6. The molecule has 0 radical (unpaired) electrons. The van der Waals surface area contributed by atoms with Crippen molar-refractivity contribution in [1.82, 2.24) is 0 Å². The lowest BCUT2D eigenvalue weighted by Crippen LogP contribution is -2.43. The topological polar surface area (TPSA) is 107 Å². The number of carbonyl (C=O) groups excluding carboxylic acids is 1. The Balaban J connectivity index is 2.80. The minimum Gasteiger partial charge on any atom is -0.460 e. The van der Waals surface area contributed by atoms with Crippen LogP contribution in [0.15, 0.2) is 24.3 Å². The molecule has 1 aliphatic heterocycles. The predicted octanol–water partition coefficient (Wildman–Crippen LogP) is -0.342. The molecule has 6 nitrogen and oxygen atoms in total. The second-order valence-electron chi connectivity index (χ2n) is 4.93. The number of rotatable bonds is 0. The van der Waals surface area contributed by atoms with Crippen LogP contribution in [0.25, 0.3) is 0 Å². The zero-order chi connectivity index (χ0) is 15.1. The molecule has 0 bridgehead atoms. The number of aliphatic hydroxyl groups is 4. The first-order chi connectivity index (χ1) is 9.41. The molecule has 1 heterocycles. The number of aliphatic hydroxyl groups excluding tert-OH is 4. The van der Waals surface area contributed by atoms with Crippen LogP contribution in [-0.4, -0.2) is 56.9 Å². The first-order valence-corrected chi connectivity index (χ1v) is 6.69. The molecule has 0 saturated heterocycles. The van der Waals surface area contributed by atoms with Crippen LogP contribution < -0.4 is 0 Å². The van der Waals surface area contributed by atoms with Gasteiger partial charge in [-0.05, 0) is 32.3 Å². The highest BCUT2D eigenvalue weighted by Crippen LogP contribution is 2.11. The fourth-order valence-corrected chi connectivity index (χ4v) is 1.86. The van der Waals surface area contributed by atoms with Gasteiger partial charge in [-0.2, -0.15) is 0 Å². The van der Waals surface area contributed by atoms with Gasteiger partial charge in [0.2, 0.25) is 0 Å². The highest BCUT2D eigenvalue weighted by molar-refractivity contribution is 5.82. The SMILES string of the molecule is C[C@H]1CCCC=C[C@H](O)C(O)C(O)[C@H](O)C=CC(=O)O1. The summed E-state index contributed by atoms with van der Waals surface area (Å²) in [4.78, 5) is 11.4. The van der Waals surface area contributed by atoms with E-state index in [1.54, 1.807) is 13.0 Å². The molecule has 1 rings (SSSR count). The standard InChI is InChI=1S/C14H22O6/c1-9-5-3-2-4-6-10(15)13(18)14(19)11(16)7-8-12(17)20-9/h4,6-11,13-16,18-19H,2-3,5H2,1H3/t9-,10-,11+,13?,14?/m0/s1. The van der Waals surface area contributed by atoms with Crippen LogP contribution in [0.1, 0.15) is 26.2 Å². The Morgan fingerprint density at radius 2 is 1.70 bits per heavy atom. The van der Waals surface area contributed by atoms with Crippen LogP contribution in [-0.2, 0) is 9.53 Å². The second-order valence-corrected chi connectivity index (χ2v) is 4.93. The summed E-state index contributed by atoms with van der Waals surface area (Å²) in [6.45, 7) is 1.77. The monoisotopic (exact) mass is 286 g/mol. The largest absolute Gasteiger partial charge is 0.460 e. The van der Waals surface area contributed by atoms with Crippen LogP contribution in [0, 0.1) is 0 Å². The first-order valence-electron chi connectivity index (χ1n) is 6.69. The van der Waals surface area contributed by atoms with Crippen LogP contribution in [0.2, 0.25) is 0 Å². The van der Waals surface area contributed by atoms with Gasteiger partial charge in [0, 0.05) is 6.08 Å². The van der Waals surface area contributed by atoms with Crippen molar-refractivity contribution in [2.45, 2.75) is 56.7 Å². The highest BCUT2D eigenvalue weighted by Gasteiger charge is 2.27. The van der Waals surface area contributed by atoms with Crippen molar-refractivity contribution in [1.29, 1.82) is 0 Å². The molecule has 114 valence electrons. The molecule has 5 atom stereocenters. The Morgan fingerprint density at radius 1 is 1.10 bits per heavy atom. The van der Waals surface area contributed by atoms with Gasteiger partial charge in [0.1, 0.15) is 24.4 Å². The number of allylic oxidation sites excluding steroid dienone is 1. The average Bonchev–Trinajstić information content (AvgIpc) is 2.41. The number of cyclic esters (lactones) is 1. The maximum absolute atomic E-state index is 11.4. The van der Waals surface area contributed by atoms with Gasteiger partial charge in [-0.25, -0.2) is 4.79 Å². The Labute approximate surface area is 118 Å². The third kappa shape index (κ3) is 5.42. The smallest absolute Gasteiger partial charge is 0.330 e. The fourth-order valence-electron chi connectivity index (χ4n) is 1.86. The number of ether oxygens (including phenoxy) is 1. The lowest BCUT2D eigenvalue weighted by atomic mass is 10.0. The quantitative estimate of drug-likeness (QED) is 0.358. The van der Waals surface area contributed by atoms with Crippen LogP contribution >= 0.6 is 0 Å². The Bertz CT molecular complexity index is 365. The van der Waals surface area contributed by atoms with E-state index >= 15 is 0 Å². The molecular formula is C14H22O6. The second kappa shape index (κ2) is 8.16. The Hall–Kier alpha value is -1.21. The van der Waals surface area contributed by atoms with Gasteiger partial charge in [-0.1, -0.05) is 12.2 Å². The van der Waals surface area contributed by atoms with E-state index in [-0.39, 0.29) is 6.10 Å².